The molecule has 10 heteroatoms. The summed E-state index contributed by atoms with van der Waals surface area (Å²) in [6, 6.07) is 4.13. The van der Waals surface area contributed by atoms with Gasteiger partial charge in [-0.1, -0.05) is 11.6 Å². The van der Waals surface area contributed by atoms with E-state index in [-0.39, 0.29) is 23.6 Å². The standard InChI is InChI=1S/C29H34FN7O2/c1-16-24(17(2)36-35-16)21-10-11-23(32-27(21)30)33-29(39)26(25(19-6-7-19)20-8-9-20)34-28(38)22-12-14-31-37(22)15-13-18-4-3-5-18/h10-14,19-20,25-26H,3-9,15H2,1-2H3,(H,34,38)(H,35,36)(H,32,33,39)/t26-/m0/s1. The fraction of sp³-hybridized carbons (Fsp3) is 0.483. The van der Waals surface area contributed by atoms with Crippen LogP contribution in [0, 0.1) is 37.5 Å². The number of aryl methyl sites for hydroxylation is 2. The lowest BCUT2D eigenvalue weighted by molar-refractivity contribution is -0.119. The Labute approximate surface area is 226 Å². The molecule has 0 aromatic carbocycles. The van der Waals surface area contributed by atoms with E-state index < -0.39 is 12.0 Å². The van der Waals surface area contributed by atoms with Crippen LogP contribution in [0.4, 0.5) is 10.2 Å². The third-order valence-electron chi connectivity index (χ3n) is 8.28. The third kappa shape index (κ3) is 5.37. The minimum Gasteiger partial charge on any atom is -0.339 e. The van der Waals surface area contributed by atoms with E-state index in [1.807, 2.05) is 6.92 Å². The summed E-state index contributed by atoms with van der Waals surface area (Å²) in [6.07, 6.45) is 11.4. The average Bonchev–Trinajstić information content (AvgIpc) is 3.81. The van der Waals surface area contributed by atoms with Gasteiger partial charge in [0.05, 0.1) is 12.2 Å². The van der Waals surface area contributed by atoms with E-state index in [9.17, 15) is 9.59 Å². The number of allylic oxidation sites excluding steroid dienone is 2. The number of halogens is 1. The largest absolute Gasteiger partial charge is 0.339 e. The number of nitrogens with one attached hydrogen (secondary N) is 3. The van der Waals surface area contributed by atoms with Gasteiger partial charge in [0.25, 0.3) is 5.91 Å². The van der Waals surface area contributed by atoms with Crippen LogP contribution in [0.2, 0.25) is 0 Å². The molecule has 0 unspecified atom stereocenters. The predicted molar refractivity (Wildman–Crippen MR) is 144 cm³/mol. The Hall–Kier alpha value is -3.82. The predicted octanol–water partition coefficient (Wildman–Crippen LogP) is 4.71. The van der Waals surface area contributed by atoms with E-state index in [0.717, 1.165) is 44.2 Å². The highest BCUT2D eigenvalue weighted by Crippen LogP contribution is 2.51. The first kappa shape index (κ1) is 25.5. The minimum atomic E-state index is -0.742. The number of hydrogen-bond acceptors (Lipinski definition) is 5. The number of aromatic nitrogens is 5. The zero-order valence-electron chi connectivity index (χ0n) is 22.3. The number of carbonyl (C=O) groups is 2. The highest BCUT2D eigenvalue weighted by Gasteiger charge is 2.48. The molecule has 204 valence electrons. The summed E-state index contributed by atoms with van der Waals surface area (Å²) in [5.41, 5.74) is 4.21. The molecule has 3 aliphatic carbocycles. The fourth-order valence-corrected chi connectivity index (χ4v) is 5.76. The lowest BCUT2D eigenvalue weighted by Gasteiger charge is -2.27. The highest BCUT2D eigenvalue weighted by atomic mass is 19.1. The quantitative estimate of drug-likeness (QED) is 0.259. The molecule has 0 aliphatic heterocycles. The van der Waals surface area contributed by atoms with Gasteiger partial charge in [-0.25, -0.2) is 4.98 Å². The van der Waals surface area contributed by atoms with Crippen LogP contribution in [0.1, 0.15) is 66.8 Å². The van der Waals surface area contributed by atoms with Crippen molar-refractivity contribution in [3.63, 3.8) is 0 Å². The van der Waals surface area contributed by atoms with Crippen molar-refractivity contribution < 1.29 is 14.0 Å². The second-order valence-electron chi connectivity index (χ2n) is 11.2. The Morgan fingerprint density at radius 2 is 1.90 bits per heavy atom. The van der Waals surface area contributed by atoms with Crippen LogP contribution in [0.3, 0.4) is 0 Å². The van der Waals surface area contributed by atoms with Gasteiger partial charge in [-0.3, -0.25) is 19.4 Å². The van der Waals surface area contributed by atoms with Gasteiger partial charge in [0.1, 0.15) is 17.6 Å². The SMILES string of the molecule is Cc1n[nH]c(C)c1-c1ccc(NC(=O)[C@@H](NC(=O)c2ccnn2CC=C2CCC2)C(C2CC2)C2CC2)nc1F. The molecule has 39 heavy (non-hydrogen) atoms. The van der Waals surface area contributed by atoms with Crippen LogP contribution in [0.5, 0.6) is 0 Å². The first-order valence-electron chi connectivity index (χ1n) is 13.9. The van der Waals surface area contributed by atoms with Crippen LogP contribution < -0.4 is 10.6 Å². The molecule has 3 N–H and O–H groups in total. The van der Waals surface area contributed by atoms with Gasteiger partial charge in [0, 0.05) is 23.0 Å². The van der Waals surface area contributed by atoms with E-state index in [4.69, 9.17) is 0 Å². The van der Waals surface area contributed by atoms with Crippen molar-refractivity contribution in [2.75, 3.05) is 5.32 Å². The minimum absolute atomic E-state index is 0.0442. The van der Waals surface area contributed by atoms with Gasteiger partial charge in [0.15, 0.2) is 0 Å². The van der Waals surface area contributed by atoms with E-state index in [1.54, 1.807) is 36.0 Å². The number of nitrogens with zero attached hydrogens (tertiary/aromatic N) is 4. The topological polar surface area (TPSA) is 118 Å². The summed E-state index contributed by atoms with van der Waals surface area (Å²) in [7, 11) is 0. The molecule has 0 spiro atoms. The Kier molecular flexibility index (Phi) is 6.78. The second kappa shape index (κ2) is 10.4. The highest BCUT2D eigenvalue weighted by molar-refractivity contribution is 6.00. The van der Waals surface area contributed by atoms with Crippen molar-refractivity contribution in [3.8, 4) is 11.1 Å². The molecule has 3 aromatic heterocycles. The number of hydrogen-bond donors (Lipinski definition) is 3. The summed E-state index contributed by atoms with van der Waals surface area (Å²) in [5.74, 6) is -0.422. The molecule has 1 atom stereocenters. The van der Waals surface area contributed by atoms with Crippen LogP contribution >= 0.6 is 0 Å². The number of pyridine rings is 1. The third-order valence-corrected chi connectivity index (χ3v) is 8.28. The van der Waals surface area contributed by atoms with E-state index in [2.05, 4.69) is 37.0 Å². The molecule has 0 saturated heterocycles. The number of carbonyl (C=O) groups excluding carboxylic acids is 2. The molecule has 2 amide bonds. The molecule has 9 nitrogen and oxygen atoms in total. The zero-order chi connectivity index (χ0) is 27.1. The number of anilines is 1. The van der Waals surface area contributed by atoms with Gasteiger partial charge in [0.2, 0.25) is 11.9 Å². The van der Waals surface area contributed by atoms with Crippen molar-refractivity contribution >= 4 is 17.6 Å². The smallest absolute Gasteiger partial charge is 0.270 e. The van der Waals surface area contributed by atoms with E-state index in [1.165, 1.54) is 12.0 Å². The van der Waals surface area contributed by atoms with Crippen molar-refractivity contribution in [3.05, 3.63) is 59.1 Å². The lowest BCUT2D eigenvalue weighted by Crippen LogP contribution is -2.50. The molecule has 3 aromatic rings. The number of aromatic amines is 1. The monoisotopic (exact) mass is 531 g/mol. The van der Waals surface area contributed by atoms with Crippen LogP contribution in [0.15, 0.2) is 36.0 Å². The number of H-pyrrole nitrogens is 1. The van der Waals surface area contributed by atoms with Crippen molar-refractivity contribution in [2.24, 2.45) is 17.8 Å². The first-order chi connectivity index (χ1) is 18.9. The summed E-state index contributed by atoms with van der Waals surface area (Å²) in [4.78, 5) is 31.2. The van der Waals surface area contributed by atoms with Crippen LogP contribution in [0.25, 0.3) is 11.1 Å². The summed E-state index contributed by atoms with van der Waals surface area (Å²) in [6.45, 7) is 4.15. The van der Waals surface area contributed by atoms with E-state index in [0.29, 0.717) is 40.9 Å². The normalized spacial score (nSPS) is 17.6. The molecule has 0 bridgehead atoms. The van der Waals surface area contributed by atoms with Crippen LogP contribution in [-0.4, -0.2) is 42.8 Å². The van der Waals surface area contributed by atoms with Crippen molar-refractivity contribution in [1.29, 1.82) is 0 Å². The van der Waals surface area contributed by atoms with Crippen molar-refractivity contribution in [2.45, 2.75) is 71.4 Å². The Morgan fingerprint density at radius 1 is 1.15 bits per heavy atom. The Morgan fingerprint density at radius 3 is 2.49 bits per heavy atom. The molecule has 3 fully saturated rings. The van der Waals surface area contributed by atoms with Gasteiger partial charge < -0.3 is 10.6 Å². The summed E-state index contributed by atoms with van der Waals surface area (Å²) in [5, 5.41) is 17.2. The zero-order valence-corrected chi connectivity index (χ0v) is 22.3. The molecule has 6 rings (SSSR count). The fourth-order valence-electron chi connectivity index (χ4n) is 5.76. The molecular formula is C29H34FN7O2. The maximum Gasteiger partial charge on any atom is 0.270 e. The van der Waals surface area contributed by atoms with Gasteiger partial charge in [-0.2, -0.15) is 14.6 Å². The average molecular weight is 532 g/mol. The van der Waals surface area contributed by atoms with Crippen molar-refractivity contribution in [1.82, 2.24) is 30.3 Å². The lowest BCUT2D eigenvalue weighted by atomic mass is 9.88. The molecule has 3 saturated carbocycles. The van der Waals surface area contributed by atoms with Crippen LogP contribution in [-0.2, 0) is 11.3 Å². The molecular weight excluding hydrogens is 497 g/mol. The van der Waals surface area contributed by atoms with Gasteiger partial charge >= 0.3 is 0 Å². The van der Waals surface area contributed by atoms with Gasteiger partial charge in [-0.15, -0.1) is 0 Å². The maximum absolute atomic E-state index is 15.1. The van der Waals surface area contributed by atoms with Gasteiger partial charge in [-0.05, 0) is 94.7 Å². The summed E-state index contributed by atoms with van der Waals surface area (Å²) < 4.78 is 16.7. The second-order valence-corrected chi connectivity index (χ2v) is 11.2. The summed E-state index contributed by atoms with van der Waals surface area (Å²) >= 11 is 0. The first-order valence-corrected chi connectivity index (χ1v) is 13.9. The Bertz CT molecular complexity index is 1400. The molecule has 0 radical (unpaired) electrons. The molecule has 3 heterocycles. The number of amides is 2. The molecule has 3 aliphatic rings. The maximum atomic E-state index is 15.1. The number of rotatable bonds is 10. The Balaban J connectivity index is 1.22. The van der Waals surface area contributed by atoms with E-state index >= 15 is 4.39 Å².